The van der Waals surface area contributed by atoms with Crippen LogP contribution in [0.15, 0.2) is 96.1 Å². The predicted molar refractivity (Wildman–Crippen MR) is 134 cm³/mol. The molecule has 0 fully saturated rings. The Kier molecular flexibility index (Phi) is 6.81. The molecule has 4 rings (SSSR count). The first-order valence-corrected chi connectivity index (χ1v) is 10.8. The molecule has 2 N–H and O–H groups in total. The zero-order chi connectivity index (χ0) is 23.2. The highest BCUT2D eigenvalue weighted by molar-refractivity contribution is 6.30. The molecule has 0 aromatic heterocycles. The van der Waals surface area contributed by atoms with Crippen molar-refractivity contribution in [1.29, 1.82) is 0 Å². The molecule has 33 heavy (non-hydrogen) atoms. The SMILES string of the molecule is C/C(=N\NC(=O)Cc1cccc2ccccc12)c1ccc(NC(=O)c2ccc(Cl)cc2)cc1. The molecule has 0 saturated heterocycles. The summed E-state index contributed by atoms with van der Waals surface area (Å²) in [5.74, 6) is -0.400. The topological polar surface area (TPSA) is 70.6 Å². The predicted octanol–water partition coefficient (Wildman–Crippen LogP) is 5.83. The maximum atomic E-state index is 12.4. The van der Waals surface area contributed by atoms with Crippen LogP contribution in [0.4, 0.5) is 5.69 Å². The number of halogens is 1. The molecule has 0 aliphatic rings. The van der Waals surface area contributed by atoms with Crippen LogP contribution in [0.3, 0.4) is 0 Å². The third-order valence-corrected chi connectivity index (χ3v) is 5.50. The van der Waals surface area contributed by atoms with Gasteiger partial charge in [0.05, 0.1) is 12.1 Å². The van der Waals surface area contributed by atoms with E-state index in [9.17, 15) is 9.59 Å². The number of amides is 2. The van der Waals surface area contributed by atoms with Crippen LogP contribution in [0.25, 0.3) is 10.8 Å². The minimum atomic E-state index is -0.217. The van der Waals surface area contributed by atoms with E-state index in [0.717, 1.165) is 21.9 Å². The molecule has 0 bridgehead atoms. The number of carbonyl (C=O) groups excluding carboxylic acids is 2. The van der Waals surface area contributed by atoms with Crippen LogP contribution in [0.1, 0.15) is 28.4 Å². The van der Waals surface area contributed by atoms with Gasteiger partial charge in [-0.2, -0.15) is 5.10 Å². The summed E-state index contributed by atoms with van der Waals surface area (Å²) in [5.41, 5.74) is 6.28. The average molecular weight is 456 g/mol. The Morgan fingerprint density at radius 1 is 0.818 bits per heavy atom. The van der Waals surface area contributed by atoms with Crippen LogP contribution < -0.4 is 10.7 Å². The summed E-state index contributed by atoms with van der Waals surface area (Å²) in [7, 11) is 0. The molecule has 5 nitrogen and oxygen atoms in total. The van der Waals surface area contributed by atoms with Crippen molar-refractivity contribution in [2.75, 3.05) is 5.32 Å². The van der Waals surface area contributed by atoms with Gasteiger partial charge in [0.1, 0.15) is 0 Å². The van der Waals surface area contributed by atoms with E-state index >= 15 is 0 Å². The van der Waals surface area contributed by atoms with E-state index in [4.69, 9.17) is 11.6 Å². The lowest BCUT2D eigenvalue weighted by molar-refractivity contribution is -0.120. The van der Waals surface area contributed by atoms with Gasteiger partial charge in [0, 0.05) is 16.3 Å². The molecule has 0 spiro atoms. The summed E-state index contributed by atoms with van der Waals surface area (Å²) in [6.45, 7) is 1.82. The molecule has 4 aromatic carbocycles. The van der Waals surface area contributed by atoms with E-state index < -0.39 is 0 Å². The van der Waals surface area contributed by atoms with Crippen molar-refractivity contribution in [3.8, 4) is 0 Å². The zero-order valence-corrected chi connectivity index (χ0v) is 18.8. The van der Waals surface area contributed by atoms with Gasteiger partial charge in [-0.3, -0.25) is 9.59 Å². The number of carbonyl (C=O) groups is 2. The molecule has 0 atom stereocenters. The summed E-state index contributed by atoms with van der Waals surface area (Å²) in [6, 6.07) is 27.9. The molecule has 6 heteroatoms. The standard InChI is InChI=1S/C27H22ClN3O2/c1-18(30-31-26(32)17-22-7-4-6-20-5-2-3-8-25(20)22)19-11-15-24(16-12-19)29-27(33)21-9-13-23(28)14-10-21/h2-16H,17H2,1H3,(H,29,33)(H,31,32)/b30-18+. The second-order valence-electron chi connectivity index (χ2n) is 7.59. The first kappa shape index (κ1) is 22.2. The number of hydrogen-bond donors (Lipinski definition) is 2. The Bertz CT molecular complexity index is 1320. The van der Waals surface area contributed by atoms with E-state index in [2.05, 4.69) is 15.8 Å². The minimum absolute atomic E-state index is 0.183. The molecule has 0 aliphatic carbocycles. The molecular formula is C27H22ClN3O2. The Hall–Kier alpha value is -3.96. The summed E-state index contributed by atoms with van der Waals surface area (Å²) in [5, 5.41) is 9.82. The molecule has 0 heterocycles. The van der Waals surface area contributed by atoms with Crippen molar-refractivity contribution in [3.05, 3.63) is 113 Å². The first-order chi connectivity index (χ1) is 16.0. The van der Waals surface area contributed by atoms with Crippen LogP contribution in [0.2, 0.25) is 5.02 Å². The van der Waals surface area contributed by atoms with E-state index in [1.807, 2.05) is 61.5 Å². The van der Waals surface area contributed by atoms with Crippen molar-refractivity contribution < 1.29 is 9.59 Å². The smallest absolute Gasteiger partial charge is 0.255 e. The van der Waals surface area contributed by atoms with Crippen LogP contribution in [-0.4, -0.2) is 17.5 Å². The van der Waals surface area contributed by atoms with Gasteiger partial charge in [-0.25, -0.2) is 5.43 Å². The number of nitrogens with zero attached hydrogens (tertiary/aromatic N) is 1. The molecule has 164 valence electrons. The maximum Gasteiger partial charge on any atom is 0.255 e. The number of benzene rings is 4. The lowest BCUT2D eigenvalue weighted by Crippen LogP contribution is -2.21. The average Bonchev–Trinajstić information content (AvgIpc) is 2.83. The van der Waals surface area contributed by atoms with E-state index in [-0.39, 0.29) is 18.2 Å². The van der Waals surface area contributed by atoms with Gasteiger partial charge in [-0.05, 0) is 65.2 Å². The third-order valence-electron chi connectivity index (χ3n) is 5.25. The number of hydrazone groups is 1. The fourth-order valence-corrected chi connectivity index (χ4v) is 3.60. The second-order valence-corrected chi connectivity index (χ2v) is 8.02. The van der Waals surface area contributed by atoms with Crippen LogP contribution in [0, 0.1) is 0 Å². The Labute approximate surface area is 197 Å². The number of hydrogen-bond acceptors (Lipinski definition) is 3. The van der Waals surface area contributed by atoms with Crippen molar-refractivity contribution in [3.63, 3.8) is 0 Å². The van der Waals surface area contributed by atoms with Crippen LogP contribution in [0.5, 0.6) is 0 Å². The Morgan fingerprint density at radius 3 is 2.24 bits per heavy atom. The number of rotatable bonds is 6. The first-order valence-electron chi connectivity index (χ1n) is 10.5. The monoisotopic (exact) mass is 455 g/mol. The lowest BCUT2D eigenvalue weighted by atomic mass is 10.0. The number of anilines is 1. The Morgan fingerprint density at radius 2 is 1.48 bits per heavy atom. The summed E-state index contributed by atoms with van der Waals surface area (Å²) >= 11 is 5.86. The zero-order valence-electron chi connectivity index (χ0n) is 18.0. The molecule has 0 unspecified atom stereocenters. The quantitative estimate of drug-likeness (QED) is 0.283. The highest BCUT2D eigenvalue weighted by atomic mass is 35.5. The van der Waals surface area contributed by atoms with Gasteiger partial charge in [0.2, 0.25) is 5.91 Å². The molecule has 0 aliphatic heterocycles. The second kappa shape index (κ2) is 10.1. The highest BCUT2D eigenvalue weighted by Gasteiger charge is 2.08. The van der Waals surface area contributed by atoms with Gasteiger partial charge in [-0.1, -0.05) is 66.2 Å². The van der Waals surface area contributed by atoms with Crippen molar-refractivity contribution in [1.82, 2.24) is 5.43 Å². The van der Waals surface area contributed by atoms with Crippen LogP contribution in [-0.2, 0) is 11.2 Å². The fourth-order valence-electron chi connectivity index (χ4n) is 3.47. The minimum Gasteiger partial charge on any atom is -0.322 e. The largest absolute Gasteiger partial charge is 0.322 e. The Balaban J connectivity index is 1.37. The van der Waals surface area contributed by atoms with Gasteiger partial charge in [0.15, 0.2) is 0 Å². The third kappa shape index (κ3) is 5.64. The maximum absolute atomic E-state index is 12.4. The van der Waals surface area contributed by atoms with Crippen molar-refractivity contribution in [2.45, 2.75) is 13.3 Å². The molecule has 2 amide bonds. The summed E-state index contributed by atoms with van der Waals surface area (Å²) < 4.78 is 0. The van der Waals surface area contributed by atoms with E-state index in [1.54, 1.807) is 36.4 Å². The number of fused-ring (bicyclic) bond motifs is 1. The van der Waals surface area contributed by atoms with Gasteiger partial charge in [-0.15, -0.1) is 0 Å². The van der Waals surface area contributed by atoms with Crippen molar-refractivity contribution in [2.24, 2.45) is 5.10 Å². The lowest BCUT2D eigenvalue weighted by Gasteiger charge is -2.08. The van der Waals surface area contributed by atoms with E-state index in [0.29, 0.717) is 22.0 Å². The highest BCUT2D eigenvalue weighted by Crippen LogP contribution is 2.19. The normalized spacial score (nSPS) is 11.3. The van der Waals surface area contributed by atoms with Gasteiger partial charge in [0.25, 0.3) is 5.91 Å². The van der Waals surface area contributed by atoms with Crippen LogP contribution >= 0.6 is 11.6 Å². The fraction of sp³-hybridized carbons (Fsp3) is 0.0741. The molecule has 0 saturated carbocycles. The molecular weight excluding hydrogens is 434 g/mol. The van der Waals surface area contributed by atoms with Crippen molar-refractivity contribution >= 4 is 45.6 Å². The summed E-state index contributed by atoms with van der Waals surface area (Å²) in [6.07, 6.45) is 0.244. The summed E-state index contributed by atoms with van der Waals surface area (Å²) in [4.78, 5) is 24.8. The van der Waals surface area contributed by atoms with E-state index in [1.165, 1.54) is 0 Å². The van der Waals surface area contributed by atoms with Gasteiger partial charge >= 0.3 is 0 Å². The number of nitrogens with one attached hydrogen (secondary N) is 2. The van der Waals surface area contributed by atoms with Gasteiger partial charge < -0.3 is 5.32 Å². The molecule has 0 radical (unpaired) electrons. The molecule has 4 aromatic rings.